The predicted molar refractivity (Wildman–Crippen MR) is 132 cm³/mol. The van der Waals surface area contributed by atoms with Gasteiger partial charge in [0.05, 0.1) is 30.0 Å². The molecule has 1 saturated heterocycles. The van der Waals surface area contributed by atoms with Crippen molar-refractivity contribution in [2.24, 2.45) is 5.92 Å². The summed E-state index contributed by atoms with van der Waals surface area (Å²) in [6.07, 6.45) is -2.61. The van der Waals surface area contributed by atoms with Gasteiger partial charge < -0.3 is 25.2 Å². The van der Waals surface area contributed by atoms with Gasteiger partial charge in [0, 0.05) is 24.6 Å². The molecule has 0 radical (unpaired) electrons. The molecule has 218 valence electrons. The van der Waals surface area contributed by atoms with Crippen LogP contribution in [0.5, 0.6) is 0 Å². The van der Waals surface area contributed by atoms with Crippen molar-refractivity contribution in [2.45, 2.75) is 82.3 Å². The Kier molecular flexibility index (Phi) is 7.28. The summed E-state index contributed by atoms with van der Waals surface area (Å²) in [6, 6.07) is 2.92. The van der Waals surface area contributed by atoms with E-state index in [1.807, 2.05) is 0 Å². The topological polar surface area (TPSA) is 106 Å². The number of aryl methyl sites for hydroxylation is 1. The molecule has 2 heterocycles. The Balaban J connectivity index is 1.43. The minimum atomic E-state index is -3.89. The van der Waals surface area contributed by atoms with Gasteiger partial charge in [0.15, 0.2) is 6.29 Å². The second kappa shape index (κ2) is 10.2. The summed E-state index contributed by atoms with van der Waals surface area (Å²) in [5.41, 5.74) is -5.35. The second-order valence-electron chi connectivity index (χ2n) is 11.3. The number of benzene rings is 1. The minimum absolute atomic E-state index is 0.0261. The molecular formula is C27H31F5N4O4. The number of carbonyl (C=O) groups excluding carboxylic acids is 1. The lowest BCUT2D eigenvalue weighted by Crippen LogP contribution is -2.41. The molecule has 6 rings (SSSR count). The molecular weight excluding hydrogens is 539 g/mol. The highest BCUT2D eigenvalue weighted by Crippen LogP contribution is 2.54. The molecule has 40 heavy (non-hydrogen) atoms. The van der Waals surface area contributed by atoms with E-state index in [4.69, 9.17) is 9.47 Å². The normalized spacial score (nSPS) is 25.5. The maximum Gasteiger partial charge on any atom is 0.303 e. The number of nitrogens with zero attached hydrogens (tertiary/aromatic N) is 2. The second-order valence-corrected chi connectivity index (χ2v) is 11.3. The number of rotatable bonds is 9. The zero-order chi connectivity index (χ0) is 29.0. The van der Waals surface area contributed by atoms with Gasteiger partial charge in [0.2, 0.25) is 6.17 Å². The first-order valence-corrected chi connectivity index (χ1v) is 13.1. The summed E-state index contributed by atoms with van der Waals surface area (Å²) in [5.74, 6) is -6.11. The summed E-state index contributed by atoms with van der Waals surface area (Å²) in [5, 5.41) is 15.3. The van der Waals surface area contributed by atoms with E-state index in [0.29, 0.717) is 12.8 Å². The molecule has 13 heteroatoms. The predicted octanol–water partition coefficient (Wildman–Crippen LogP) is 4.46. The Bertz CT molecular complexity index is 1290. The van der Waals surface area contributed by atoms with Gasteiger partial charge in [-0.3, -0.25) is 4.79 Å². The van der Waals surface area contributed by atoms with Crippen LogP contribution in [0.4, 0.5) is 27.8 Å². The average Bonchev–Trinajstić information content (AvgIpc) is 3.56. The first-order valence-electron chi connectivity index (χ1n) is 13.1. The summed E-state index contributed by atoms with van der Waals surface area (Å²) >= 11 is 0. The third-order valence-corrected chi connectivity index (χ3v) is 7.78. The molecule has 2 bridgehead atoms. The monoisotopic (exact) mass is 570 g/mol. The van der Waals surface area contributed by atoms with Crippen molar-refractivity contribution in [3.63, 3.8) is 0 Å². The number of ether oxygens (including phenoxy) is 2. The van der Waals surface area contributed by atoms with Crippen molar-refractivity contribution in [3.8, 4) is 0 Å². The Morgan fingerprint density at radius 2 is 1.88 bits per heavy atom. The van der Waals surface area contributed by atoms with E-state index in [1.54, 1.807) is 0 Å². The number of carbonyl (C=O) groups is 1. The lowest BCUT2D eigenvalue weighted by Gasteiger charge is -2.30. The highest BCUT2D eigenvalue weighted by Gasteiger charge is 2.57. The fraction of sp³-hybridized carbons (Fsp3) is 0.593. The summed E-state index contributed by atoms with van der Waals surface area (Å²) in [7, 11) is 0. The van der Waals surface area contributed by atoms with Crippen molar-refractivity contribution in [3.05, 3.63) is 52.2 Å². The zero-order valence-corrected chi connectivity index (χ0v) is 22.2. The summed E-state index contributed by atoms with van der Waals surface area (Å²) in [6.45, 7) is 3.21. The summed E-state index contributed by atoms with van der Waals surface area (Å²) < 4.78 is 85.8. The van der Waals surface area contributed by atoms with Crippen LogP contribution >= 0.6 is 0 Å². The van der Waals surface area contributed by atoms with Gasteiger partial charge in [-0.2, -0.15) is 8.78 Å². The van der Waals surface area contributed by atoms with E-state index in [0.717, 1.165) is 19.9 Å². The fourth-order valence-electron chi connectivity index (χ4n) is 5.60. The standard InChI is InChI=1S/C27H31F5N4O4/c1-13-34-21(20(29)23(37)36-17-11-26(30)9-15(17)10-26)18(24-39-7-8-40-24)22(35-13)33-12-14-5-4-6-16(19(14)28)27(31,32)25(2,3)38/h4-6,15,17,20,24,38H,7-12H2,1-3H3,(H,36,37)(H,33,34,35)/t15?,17-,20?,26?/m1/s1. The number of amides is 1. The smallest absolute Gasteiger partial charge is 0.303 e. The quantitative estimate of drug-likeness (QED) is 0.383. The fourth-order valence-corrected chi connectivity index (χ4v) is 5.60. The number of fused-ring (bicyclic) bond motifs is 1. The largest absolute Gasteiger partial charge is 0.384 e. The molecule has 3 N–H and O–H groups in total. The molecule has 3 aliphatic carbocycles. The Labute approximate surface area is 227 Å². The third kappa shape index (κ3) is 5.14. The number of hydrogen-bond donors (Lipinski definition) is 3. The van der Waals surface area contributed by atoms with Crippen LogP contribution in [-0.4, -0.2) is 51.5 Å². The van der Waals surface area contributed by atoms with Crippen LogP contribution in [0.15, 0.2) is 18.2 Å². The molecule has 0 spiro atoms. The molecule has 1 amide bonds. The first kappa shape index (κ1) is 28.6. The average molecular weight is 571 g/mol. The molecule has 2 aromatic rings. The van der Waals surface area contributed by atoms with Crippen LogP contribution in [0.3, 0.4) is 0 Å². The van der Waals surface area contributed by atoms with E-state index < -0.39 is 53.0 Å². The Hall–Kier alpha value is -2.90. The molecule has 4 aliphatic rings. The minimum Gasteiger partial charge on any atom is -0.384 e. The molecule has 8 nitrogen and oxygen atoms in total. The SMILES string of the molecule is Cc1nc(NCc2cccc(C(F)(F)C(C)(C)O)c2F)c(C2OCCO2)c(C(F)C(=O)N[C@@H]2CC3(F)CC2C3)n1. The number of anilines is 1. The lowest BCUT2D eigenvalue weighted by molar-refractivity contribution is -0.170. The van der Waals surface area contributed by atoms with E-state index in [9.17, 15) is 23.1 Å². The first-order chi connectivity index (χ1) is 18.7. The van der Waals surface area contributed by atoms with Gasteiger partial charge in [0.1, 0.15) is 28.7 Å². The molecule has 1 aliphatic heterocycles. The highest BCUT2D eigenvalue weighted by atomic mass is 19.3. The maximum absolute atomic E-state index is 15.7. The molecule has 1 aromatic carbocycles. The van der Waals surface area contributed by atoms with Crippen molar-refractivity contribution < 1.29 is 41.3 Å². The van der Waals surface area contributed by atoms with Crippen LogP contribution in [0.1, 0.15) is 73.8 Å². The number of aliphatic hydroxyl groups is 1. The molecule has 4 fully saturated rings. The van der Waals surface area contributed by atoms with Crippen LogP contribution in [0, 0.1) is 18.7 Å². The molecule has 2 atom stereocenters. The van der Waals surface area contributed by atoms with Crippen molar-refractivity contribution in [1.82, 2.24) is 15.3 Å². The number of hydrogen-bond acceptors (Lipinski definition) is 7. The van der Waals surface area contributed by atoms with Crippen LogP contribution in [0.2, 0.25) is 0 Å². The maximum atomic E-state index is 15.7. The van der Waals surface area contributed by atoms with Crippen LogP contribution in [-0.2, 0) is 26.7 Å². The van der Waals surface area contributed by atoms with Gasteiger partial charge in [-0.05, 0) is 45.6 Å². The van der Waals surface area contributed by atoms with Crippen LogP contribution in [0.25, 0.3) is 0 Å². The van der Waals surface area contributed by atoms with Crippen molar-refractivity contribution >= 4 is 11.7 Å². The van der Waals surface area contributed by atoms with E-state index in [2.05, 4.69) is 20.6 Å². The number of halogens is 5. The van der Waals surface area contributed by atoms with E-state index in [1.165, 1.54) is 19.1 Å². The number of aromatic nitrogens is 2. The zero-order valence-electron chi connectivity index (χ0n) is 22.2. The lowest BCUT2D eigenvalue weighted by atomic mass is 9.81. The third-order valence-electron chi connectivity index (χ3n) is 7.78. The van der Waals surface area contributed by atoms with E-state index in [-0.39, 0.29) is 60.6 Å². The number of nitrogens with one attached hydrogen (secondary N) is 2. The molecule has 3 saturated carbocycles. The Morgan fingerprint density at radius 3 is 2.48 bits per heavy atom. The van der Waals surface area contributed by atoms with Gasteiger partial charge in [-0.25, -0.2) is 23.1 Å². The van der Waals surface area contributed by atoms with Gasteiger partial charge in [-0.1, -0.05) is 12.1 Å². The molecule has 1 unspecified atom stereocenters. The number of alkyl halides is 4. The van der Waals surface area contributed by atoms with Crippen LogP contribution < -0.4 is 10.6 Å². The summed E-state index contributed by atoms with van der Waals surface area (Å²) in [4.78, 5) is 21.3. The van der Waals surface area contributed by atoms with Crippen molar-refractivity contribution in [1.29, 1.82) is 0 Å². The van der Waals surface area contributed by atoms with Gasteiger partial charge >= 0.3 is 5.92 Å². The van der Waals surface area contributed by atoms with Gasteiger partial charge in [-0.15, -0.1) is 0 Å². The van der Waals surface area contributed by atoms with E-state index >= 15 is 8.78 Å². The highest BCUT2D eigenvalue weighted by molar-refractivity contribution is 5.83. The van der Waals surface area contributed by atoms with Crippen molar-refractivity contribution in [2.75, 3.05) is 18.5 Å². The van der Waals surface area contributed by atoms with Gasteiger partial charge in [0.25, 0.3) is 5.91 Å². The Morgan fingerprint density at radius 1 is 1.20 bits per heavy atom. The molecule has 1 aromatic heterocycles.